The second-order valence-corrected chi connectivity index (χ2v) is 5.55. The molecule has 0 fully saturated rings. The first kappa shape index (κ1) is 15.9. The number of nitrogens with zero attached hydrogens (tertiary/aromatic N) is 4. The molecule has 124 valence electrons. The molecule has 3 aromatic heterocycles. The SMILES string of the molecule is Cc1ccc(CNC(=O)CCc2nc(-c3ccncc3)no2)n1C. The zero-order valence-corrected chi connectivity index (χ0v) is 13.7. The van der Waals surface area contributed by atoms with Crippen LogP contribution in [0, 0.1) is 6.92 Å². The van der Waals surface area contributed by atoms with E-state index in [9.17, 15) is 4.79 Å². The van der Waals surface area contributed by atoms with Crippen molar-refractivity contribution in [3.63, 3.8) is 0 Å². The molecule has 0 unspecified atom stereocenters. The van der Waals surface area contributed by atoms with Crippen LogP contribution < -0.4 is 5.32 Å². The highest BCUT2D eigenvalue weighted by molar-refractivity contribution is 5.76. The van der Waals surface area contributed by atoms with Crippen LogP contribution in [0.4, 0.5) is 0 Å². The first-order valence-corrected chi connectivity index (χ1v) is 7.74. The van der Waals surface area contributed by atoms with Crippen molar-refractivity contribution < 1.29 is 9.32 Å². The Balaban J connectivity index is 1.50. The number of carbonyl (C=O) groups is 1. The Morgan fingerprint density at radius 1 is 1.25 bits per heavy atom. The van der Waals surface area contributed by atoms with Crippen molar-refractivity contribution in [2.45, 2.75) is 26.3 Å². The average Bonchev–Trinajstić information content (AvgIpc) is 3.20. The van der Waals surface area contributed by atoms with Crippen molar-refractivity contribution in [1.29, 1.82) is 0 Å². The van der Waals surface area contributed by atoms with E-state index >= 15 is 0 Å². The first-order chi connectivity index (χ1) is 11.6. The summed E-state index contributed by atoms with van der Waals surface area (Å²) >= 11 is 0. The van der Waals surface area contributed by atoms with Gasteiger partial charge in [0.1, 0.15) is 0 Å². The van der Waals surface area contributed by atoms with Crippen LogP contribution in [0.2, 0.25) is 0 Å². The molecule has 24 heavy (non-hydrogen) atoms. The minimum absolute atomic E-state index is 0.0440. The molecular formula is C17H19N5O2. The fourth-order valence-electron chi connectivity index (χ4n) is 2.32. The van der Waals surface area contributed by atoms with E-state index in [1.807, 2.05) is 38.2 Å². The maximum atomic E-state index is 12.0. The van der Waals surface area contributed by atoms with Gasteiger partial charge < -0.3 is 14.4 Å². The number of aromatic nitrogens is 4. The Labute approximate surface area is 139 Å². The molecule has 0 saturated heterocycles. The van der Waals surface area contributed by atoms with Gasteiger partial charge in [-0.25, -0.2) is 0 Å². The van der Waals surface area contributed by atoms with Gasteiger partial charge in [-0.05, 0) is 31.2 Å². The van der Waals surface area contributed by atoms with Gasteiger partial charge in [0, 0.05) is 49.2 Å². The van der Waals surface area contributed by atoms with Crippen LogP contribution in [-0.4, -0.2) is 25.6 Å². The Morgan fingerprint density at radius 2 is 2.04 bits per heavy atom. The van der Waals surface area contributed by atoms with Crippen LogP contribution in [0.5, 0.6) is 0 Å². The number of hydrogen-bond donors (Lipinski definition) is 1. The molecular weight excluding hydrogens is 306 g/mol. The van der Waals surface area contributed by atoms with E-state index in [1.54, 1.807) is 12.4 Å². The van der Waals surface area contributed by atoms with Gasteiger partial charge in [0.15, 0.2) is 0 Å². The fourth-order valence-corrected chi connectivity index (χ4v) is 2.32. The highest BCUT2D eigenvalue weighted by Crippen LogP contribution is 2.14. The molecule has 0 aliphatic carbocycles. The van der Waals surface area contributed by atoms with Gasteiger partial charge in [0.25, 0.3) is 0 Å². The molecule has 7 heteroatoms. The molecule has 1 amide bonds. The topological polar surface area (TPSA) is 85.8 Å². The largest absolute Gasteiger partial charge is 0.351 e. The summed E-state index contributed by atoms with van der Waals surface area (Å²) < 4.78 is 7.24. The molecule has 0 atom stereocenters. The summed E-state index contributed by atoms with van der Waals surface area (Å²) in [6, 6.07) is 7.65. The second-order valence-electron chi connectivity index (χ2n) is 5.55. The molecule has 0 aliphatic rings. The third-order valence-electron chi connectivity index (χ3n) is 3.92. The van der Waals surface area contributed by atoms with Crippen LogP contribution in [0.3, 0.4) is 0 Å². The highest BCUT2D eigenvalue weighted by atomic mass is 16.5. The molecule has 0 aliphatic heterocycles. The van der Waals surface area contributed by atoms with E-state index < -0.39 is 0 Å². The lowest BCUT2D eigenvalue weighted by Crippen LogP contribution is -2.24. The van der Waals surface area contributed by atoms with E-state index in [-0.39, 0.29) is 5.91 Å². The third kappa shape index (κ3) is 3.68. The Bertz CT molecular complexity index is 823. The standard InChI is InChI=1S/C17H19N5O2/c1-12-3-4-14(22(12)2)11-19-15(23)5-6-16-20-17(21-24-16)13-7-9-18-10-8-13/h3-4,7-10H,5-6,11H2,1-2H3,(H,19,23). The second kappa shape index (κ2) is 7.08. The van der Waals surface area contributed by atoms with E-state index in [1.165, 1.54) is 0 Å². The van der Waals surface area contributed by atoms with Crippen LogP contribution in [0.15, 0.2) is 41.2 Å². The molecule has 0 aromatic carbocycles. The minimum Gasteiger partial charge on any atom is -0.351 e. The molecule has 3 heterocycles. The summed E-state index contributed by atoms with van der Waals surface area (Å²) in [6.07, 6.45) is 4.06. The van der Waals surface area contributed by atoms with Crippen LogP contribution in [0.1, 0.15) is 23.7 Å². The molecule has 0 saturated carbocycles. The number of amides is 1. The van der Waals surface area contributed by atoms with Gasteiger partial charge in [-0.1, -0.05) is 5.16 Å². The van der Waals surface area contributed by atoms with Crippen molar-refractivity contribution in [1.82, 2.24) is 25.0 Å². The van der Waals surface area contributed by atoms with Gasteiger partial charge in [0.2, 0.25) is 17.6 Å². The first-order valence-electron chi connectivity index (χ1n) is 7.74. The van der Waals surface area contributed by atoms with E-state index in [0.29, 0.717) is 31.1 Å². The maximum absolute atomic E-state index is 12.0. The number of aryl methyl sites for hydroxylation is 2. The molecule has 0 bridgehead atoms. The zero-order valence-electron chi connectivity index (χ0n) is 13.7. The van der Waals surface area contributed by atoms with Crippen molar-refractivity contribution in [2.24, 2.45) is 7.05 Å². The van der Waals surface area contributed by atoms with E-state index in [4.69, 9.17) is 4.52 Å². The Hall–Kier alpha value is -2.96. The van der Waals surface area contributed by atoms with Gasteiger partial charge >= 0.3 is 0 Å². The smallest absolute Gasteiger partial charge is 0.227 e. The maximum Gasteiger partial charge on any atom is 0.227 e. The Kier molecular flexibility index (Phi) is 4.69. The van der Waals surface area contributed by atoms with Crippen LogP contribution in [-0.2, 0) is 24.8 Å². The summed E-state index contributed by atoms with van der Waals surface area (Å²) in [4.78, 5) is 20.2. The quantitative estimate of drug-likeness (QED) is 0.749. The summed E-state index contributed by atoms with van der Waals surface area (Å²) in [5, 5.41) is 6.83. The molecule has 1 N–H and O–H groups in total. The fraction of sp³-hybridized carbons (Fsp3) is 0.294. The molecule has 7 nitrogen and oxygen atoms in total. The number of hydrogen-bond acceptors (Lipinski definition) is 5. The van der Waals surface area contributed by atoms with Crippen molar-refractivity contribution in [3.8, 4) is 11.4 Å². The van der Waals surface area contributed by atoms with E-state index in [2.05, 4.69) is 25.0 Å². The summed E-state index contributed by atoms with van der Waals surface area (Å²) in [5.74, 6) is 0.913. The minimum atomic E-state index is -0.0440. The van der Waals surface area contributed by atoms with Gasteiger partial charge in [-0.2, -0.15) is 4.98 Å². The summed E-state index contributed by atoms with van der Waals surface area (Å²) in [7, 11) is 1.98. The van der Waals surface area contributed by atoms with E-state index in [0.717, 1.165) is 17.0 Å². The molecule has 0 spiro atoms. The number of nitrogens with one attached hydrogen (secondary N) is 1. The number of rotatable bonds is 6. The van der Waals surface area contributed by atoms with Crippen molar-refractivity contribution in [3.05, 3.63) is 53.9 Å². The monoisotopic (exact) mass is 325 g/mol. The number of pyridine rings is 1. The highest BCUT2D eigenvalue weighted by Gasteiger charge is 2.11. The predicted molar refractivity (Wildman–Crippen MR) is 87.8 cm³/mol. The number of carbonyl (C=O) groups excluding carboxylic acids is 1. The van der Waals surface area contributed by atoms with Gasteiger partial charge in [-0.15, -0.1) is 0 Å². The van der Waals surface area contributed by atoms with Gasteiger partial charge in [-0.3, -0.25) is 9.78 Å². The van der Waals surface area contributed by atoms with Crippen LogP contribution >= 0.6 is 0 Å². The Morgan fingerprint density at radius 3 is 2.75 bits per heavy atom. The summed E-state index contributed by atoms with van der Waals surface area (Å²) in [6.45, 7) is 2.54. The van der Waals surface area contributed by atoms with Crippen molar-refractivity contribution >= 4 is 5.91 Å². The predicted octanol–water partition coefficient (Wildman–Crippen LogP) is 2.03. The van der Waals surface area contributed by atoms with Crippen molar-refractivity contribution in [2.75, 3.05) is 0 Å². The third-order valence-corrected chi connectivity index (χ3v) is 3.92. The molecule has 3 rings (SSSR count). The molecule has 0 radical (unpaired) electrons. The van der Waals surface area contributed by atoms with Crippen LogP contribution in [0.25, 0.3) is 11.4 Å². The normalized spacial score (nSPS) is 10.8. The molecule has 3 aromatic rings. The lowest BCUT2D eigenvalue weighted by atomic mass is 10.2. The summed E-state index contributed by atoms with van der Waals surface area (Å²) in [5.41, 5.74) is 3.07. The zero-order chi connectivity index (χ0) is 16.9. The lowest BCUT2D eigenvalue weighted by molar-refractivity contribution is -0.121. The van der Waals surface area contributed by atoms with Gasteiger partial charge in [0.05, 0.1) is 6.54 Å². The average molecular weight is 325 g/mol. The lowest BCUT2D eigenvalue weighted by Gasteiger charge is -2.06.